The average Bonchev–Trinajstić information content (AvgIpc) is 2.55. The Morgan fingerprint density at radius 3 is 2.81 bits per heavy atom. The van der Waals surface area contributed by atoms with Crippen molar-refractivity contribution >= 4 is 5.70 Å². The highest BCUT2D eigenvalue weighted by atomic mass is 14.9. The third-order valence-corrected chi connectivity index (χ3v) is 3.09. The summed E-state index contributed by atoms with van der Waals surface area (Å²) in [6, 6.07) is 5.83. The molecule has 0 amide bonds. The van der Waals surface area contributed by atoms with Gasteiger partial charge in [-0.1, -0.05) is 17.9 Å². The summed E-state index contributed by atoms with van der Waals surface area (Å²) >= 11 is 0. The second-order valence-corrected chi connectivity index (χ2v) is 4.91. The van der Waals surface area contributed by atoms with E-state index >= 15 is 0 Å². The number of rotatable bonds is 1. The van der Waals surface area contributed by atoms with Crippen molar-refractivity contribution in [1.29, 1.82) is 0 Å². The molecule has 0 saturated carbocycles. The second-order valence-electron chi connectivity index (χ2n) is 4.91. The Morgan fingerprint density at radius 2 is 2.05 bits per heavy atom. The van der Waals surface area contributed by atoms with Crippen LogP contribution in [0.5, 0.6) is 0 Å². The van der Waals surface area contributed by atoms with E-state index in [0.717, 1.165) is 17.0 Å². The van der Waals surface area contributed by atoms with Crippen molar-refractivity contribution < 1.29 is 0 Å². The number of allylic oxidation sites excluding steroid dienone is 2. The zero-order valence-corrected chi connectivity index (χ0v) is 11.6. The van der Waals surface area contributed by atoms with Crippen molar-refractivity contribution in [2.75, 3.05) is 0 Å². The number of dihydropyridines is 1. The topological polar surface area (TPSA) is 50.7 Å². The van der Waals surface area contributed by atoms with E-state index in [1.807, 2.05) is 30.5 Å². The molecule has 1 aliphatic rings. The number of nitrogens with one attached hydrogen (secondary N) is 1. The summed E-state index contributed by atoms with van der Waals surface area (Å²) in [4.78, 5) is 12.3. The molecular formula is C17H14N4. The fourth-order valence-electron chi connectivity index (χ4n) is 2.01. The monoisotopic (exact) mass is 274 g/mol. The molecule has 3 heterocycles. The predicted molar refractivity (Wildman–Crippen MR) is 81.5 cm³/mol. The lowest BCUT2D eigenvalue weighted by atomic mass is 9.87. The summed E-state index contributed by atoms with van der Waals surface area (Å²) in [5, 5.41) is 3.21. The highest BCUT2D eigenvalue weighted by Crippen LogP contribution is 2.27. The molecule has 1 unspecified atom stereocenters. The lowest BCUT2D eigenvalue weighted by molar-refractivity contribution is 0.729. The molecule has 3 rings (SSSR count). The van der Waals surface area contributed by atoms with Gasteiger partial charge in [-0.3, -0.25) is 4.98 Å². The zero-order chi connectivity index (χ0) is 14.5. The molecule has 0 spiro atoms. The summed E-state index contributed by atoms with van der Waals surface area (Å²) < 4.78 is 0. The maximum absolute atomic E-state index is 4.35. The quantitative estimate of drug-likeness (QED) is 0.811. The van der Waals surface area contributed by atoms with Crippen LogP contribution in [0.25, 0.3) is 5.70 Å². The van der Waals surface area contributed by atoms with Gasteiger partial charge in [0.1, 0.15) is 6.33 Å². The number of pyridine rings is 1. The average molecular weight is 274 g/mol. The van der Waals surface area contributed by atoms with E-state index in [0.29, 0.717) is 0 Å². The van der Waals surface area contributed by atoms with E-state index in [1.165, 1.54) is 6.33 Å². The standard InChI is InChI=1S/C17H14N4/c1-17(6-5-14-11-18-13-19-12-14)7-9-21-16(10-17)15-4-2-3-8-20-15/h2-4,7-13,21H,1H3. The van der Waals surface area contributed by atoms with Gasteiger partial charge in [-0.2, -0.15) is 0 Å². The lowest BCUT2D eigenvalue weighted by Crippen LogP contribution is -2.18. The molecule has 0 bridgehead atoms. The van der Waals surface area contributed by atoms with Gasteiger partial charge in [0.05, 0.1) is 22.4 Å². The SMILES string of the molecule is CC1(C#Cc2cncnc2)C=CNC(c2ccccn2)=C1. The van der Waals surface area contributed by atoms with Gasteiger partial charge in [-0.05, 0) is 37.4 Å². The first-order valence-electron chi connectivity index (χ1n) is 6.62. The highest BCUT2D eigenvalue weighted by molar-refractivity contribution is 5.65. The minimum atomic E-state index is -0.353. The van der Waals surface area contributed by atoms with Gasteiger partial charge >= 0.3 is 0 Å². The largest absolute Gasteiger partial charge is 0.360 e. The number of nitrogens with zero attached hydrogens (tertiary/aromatic N) is 3. The van der Waals surface area contributed by atoms with Crippen LogP contribution in [-0.2, 0) is 0 Å². The van der Waals surface area contributed by atoms with Crippen LogP contribution in [0.15, 0.2) is 61.5 Å². The Bertz CT molecular complexity index is 739. The Kier molecular flexibility index (Phi) is 3.48. The normalized spacial score (nSPS) is 20.0. The van der Waals surface area contributed by atoms with Crippen molar-refractivity contribution in [1.82, 2.24) is 20.3 Å². The van der Waals surface area contributed by atoms with Crippen molar-refractivity contribution in [2.45, 2.75) is 6.92 Å². The van der Waals surface area contributed by atoms with Crippen molar-refractivity contribution in [3.63, 3.8) is 0 Å². The first-order chi connectivity index (χ1) is 10.3. The summed E-state index contributed by atoms with van der Waals surface area (Å²) in [6.07, 6.45) is 12.7. The van der Waals surface area contributed by atoms with Crippen LogP contribution in [0, 0.1) is 17.3 Å². The van der Waals surface area contributed by atoms with E-state index in [1.54, 1.807) is 18.6 Å². The zero-order valence-electron chi connectivity index (χ0n) is 11.6. The van der Waals surface area contributed by atoms with Crippen LogP contribution >= 0.6 is 0 Å². The van der Waals surface area contributed by atoms with E-state index in [4.69, 9.17) is 0 Å². The molecule has 1 aliphatic heterocycles. The molecule has 2 aromatic rings. The maximum atomic E-state index is 4.35. The lowest BCUT2D eigenvalue weighted by Gasteiger charge is -2.22. The molecule has 0 fully saturated rings. The Morgan fingerprint density at radius 1 is 1.19 bits per heavy atom. The fraction of sp³-hybridized carbons (Fsp3) is 0.118. The number of hydrogen-bond donors (Lipinski definition) is 1. The first kappa shape index (κ1) is 13.1. The third kappa shape index (κ3) is 3.15. The van der Waals surface area contributed by atoms with Crippen LogP contribution in [0.3, 0.4) is 0 Å². The Hall–Kier alpha value is -2.93. The van der Waals surface area contributed by atoms with Gasteiger partial charge in [0.2, 0.25) is 0 Å². The molecule has 2 aromatic heterocycles. The van der Waals surface area contributed by atoms with Crippen LogP contribution < -0.4 is 5.32 Å². The fourth-order valence-corrected chi connectivity index (χ4v) is 2.01. The first-order valence-corrected chi connectivity index (χ1v) is 6.62. The summed E-state index contributed by atoms with van der Waals surface area (Å²) in [6.45, 7) is 2.06. The van der Waals surface area contributed by atoms with E-state index in [9.17, 15) is 0 Å². The molecule has 4 heteroatoms. The summed E-state index contributed by atoms with van der Waals surface area (Å²) in [5.74, 6) is 6.36. The van der Waals surface area contributed by atoms with E-state index < -0.39 is 0 Å². The smallest absolute Gasteiger partial charge is 0.115 e. The molecule has 102 valence electrons. The Labute approximate surface area is 123 Å². The van der Waals surface area contributed by atoms with Gasteiger partial charge in [-0.25, -0.2) is 9.97 Å². The van der Waals surface area contributed by atoms with Crippen LogP contribution in [-0.4, -0.2) is 15.0 Å². The van der Waals surface area contributed by atoms with E-state index in [2.05, 4.69) is 45.1 Å². The van der Waals surface area contributed by atoms with Gasteiger partial charge in [-0.15, -0.1) is 0 Å². The highest BCUT2D eigenvalue weighted by Gasteiger charge is 2.20. The molecule has 4 nitrogen and oxygen atoms in total. The maximum Gasteiger partial charge on any atom is 0.115 e. The summed E-state index contributed by atoms with van der Waals surface area (Å²) in [5.41, 5.74) is 2.31. The minimum absolute atomic E-state index is 0.353. The van der Waals surface area contributed by atoms with E-state index in [-0.39, 0.29) is 5.41 Å². The van der Waals surface area contributed by atoms with Crippen LogP contribution in [0.1, 0.15) is 18.2 Å². The minimum Gasteiger partial charge on any atom is -0.360 e. The predicted octanol–water partition coefficient (Wildman–Crippen LogP) is 2.39. The number of aromatic nitrogens is 3. The third-order valence-electron chi connectivity index (χ3n) is 3.09. The van der Waals surface area contributed by atoms with Crippen molar-refractivity contribution in [2.24, 2.45) is 5.41 Å². The van der Waals surface area contributed by atoms with Crippen molar-refractivity contribution in [3.05, 3.63) is 72.7 Å². The second kappa shape index (κ2) is 5.59. The van der Waals surface area contributed by atoms with Crippen LogP contribution in [0.4, 0.5) is 0 Å². The number of hydrogen-bond acceptors (Lipinski definition) is 4. The Balaban J connectivity index is 1.91. The van der Waals surface area contributed by atoms with Gasteiger partial charge < -0.3 is 5.32 Å². The molecule has 1 N–H and O–H groups in total. The molecule has 0 saturated heterocycles. The summed E-state index contributed by atoms with van der Waals surface area (Å²) in [7, 11) is 0. The van der Waals surface area contributed by atoms with Crippen molar-refractivity contribution in [3.8, 4) is 11.8 Å². The molecule has 0 aromatic carbocycles. The van der Waals surface area contributed by atoms with Gasteiger partial charge in [0, 0.05) is 18.6 Å². The molecular weight excluding hydrogens is 260 g/mol. The van der Waals surface area contributed by atoms with Gasteiger partial charge in [0.25, 0.3) is 0 Å². The molecule has 0 aliphatic carbocycles. The van der Waals surface area contributed by atoms with Gasteiger partial charge in [0.15, 0.2) is 0 Å². The molecule has 0 radical (unpaired) electrons. The molecule has 21 heavy (non-hydrogen) atoms. The van der Waals surface area contributed by atoms with Crippen LogP contribution in [0.2, 0.25) is 0 Å². The molecule has 1 atom stereocenters.